The van der Waals surface area contributed by atoms with Gasteiger partial charge < -0.3 is 20.7 Å². The number of ether oxygens (including phenoxy) is 1. The minimum atomic E-state index is -0.747. The summed E-state index contributed by atoms with van der Waals surface area (Å²) in [4.78, 5) is 6.76. The highest BCUT2D eigenvalue weighted by Gasteiger charge is 2.26. The van der Waals surface area contributed by atoms with E-state index in [4.69, 9.17) is 10.5 Å². The zero-order chi connectivity index (χ0) is 21.3. The molecule has 1 saturated heterocycles. The van der Waals surface area contributed by atoms with Crippen molar-refractivity contribution in [3.63, 3.8) is 0 Å². The first-order chi connectivity index (χ1) is 14.5. The maximum absolute atomic E-state index is 14.4. The lowest BCUT2D eigenvalue weighted by Gasteiger charge is -2.35. The molecule has 7 heteroatoms. The molecule has 0 aromatic heterocycles. The lowest BCUT2D eigenvalue weighted by Crippen LogP contribution is -2.45. The van der Waals surface area contributed by atoms with Gasteiger partial charge in [-0.05, 0) is 44.0 Å². The Balaban J connectivity index is 1.80. The summed E-state index contributed by atoms with van der Waals surface area (Å²) in [6, 6.07) is 7.89. The van der Waals surface area contributed by atoms with Gasteiger partial charge in [0.15, 0.2) is 11.6 Å². The van der Waals surface area contributed by atoms with Crippen LogP contribution in [-0.4, -0.2) is 38.4 Å². The molecule has 2 aliphatic heterocycles. The fraction of sp³-hybridized carbons (Fsp3) is 0.348. The third-order valence-electron chi connectivity index (χ3n) is 5.87. The van der Waals surface area contributed by atoms with Gasteiger partial charge in [-0.25, -0.2) is 8.78 Å². The van der Waals surface area contributed by atoms with Gasteiger partial charge in [-0.2, -0.15) is 0 Å². The lowest BCUT2D eigenvalue weighted by atomic mass is 9.92. The molecule has 0 saturated carbocycles. The molecule has 5 nitrogen and oxygen atoms in total. The van der Waals surface area contributed by atoms with Crippen LogP contribution in [0.5, 0.6) is 11.5 Å². The van der Waals surface area contributed by atoms with Crippen molar-refractivity contribution < 1.29 is 13.5 Å². The monoisotopic (exact) mass is 412 g/mol. The number of halogens is 2. The molecule has 0 bridgehead atoms. The van der Waals surface area contributed by atoms with Gasteiger partial charge in [0.1, 0.15) is 11.6 Å². The highest BCUT2D eigenvalue weighted by molar-refractivity contribution is 6.11. The summed E-state index contributed by atoms with van der Waals surface area (Å²) in [5.74, 6) is -0.883. The molecule has 0 aliphatic carbocycles. The molecule has 1 unspecified atom stereocenters. The maximum atomic E-state index is 14.4. The zero-order valence-electron chi connectivity index (χ0n) is 17.2. The number of fused-ring (bicyclic) bond motifs is 1. The molecule has 2 heterocycles. The van der Waals surface area contributed by atoms with E-state index in [1.807, 2.05) is 19.2 Å². The average Bonchev–Trinajstić information content (AvgIpc) is 2.69. The number of hydrogen-bond acceptors (Lipinski definition) is 5. The van der Waals surface area contributed by atoms with Gasteiger partial charge in [0.25, 0.3) is 0 Å². The smallest absolute Gasteiger partial charge is 0.168 e. The summed E-state index contributed by atoms with van der Waals surface area (Å²) in [7, 11) is 2.04. The molecule has 4 rings (SSSR count). The van der Waals surface area contributed by atoms with Crippen molar-refractivity contribution in [1.29, 1.82) is 0 Å². The van der Waals surface area contributed by atoms with E-state index in [2.05, 4.69) is 22.1 Å². The second kappa shape index (κ2) is 8.44. The standard InChI is InChI=1S/C23H26F2N4O/c1-14-3-5-19-21(29(14)2)7-6-18(15(10-26)11-28-17-12-27-13-17)23(19)30-22-8-4-16(24)9-20(22)25/h4,6-11,14,17,27H,3,5,12-13,26H2,1-2H3. The van der Waals surface area contributed by atoms with Crippen molar-refractivity contribution in [1.82, 2.24) is 5.32 Å². The highest BCUT2D eigenvalue weighted by Crippen LogP contribution is 2.42. The summed E-state index contributed by atoms with van der Waals surface area (Å²) < 4.78 is 33.8. The minimum absolute atomic E-state index is 0.0242. The molecule has 1 fully saturated rings. The number of anilines is 1. The van der Waals surface area contributed by atoms with Crippen LogP contribution in [0.15, 0.2) is 41.5 Å². The summed E-state index contributed by atoms with van der Waals surface area (Å²) in [6.07, 6.45) is 4.96. The Morgan fingerprint density at radius 2 is 2.07 bits per heavy atom. The number of rotatable bonds is 5. The van der Waals surface area contributed by atoms with Crippen LogP contribution in [-0.2, 0) is 6.42 Å². The van der Waals surface area contributed by atoms with Gasteiger partial charge in [-0.15, -0.1) is 0 Å². The summed E-state index contributed by atoms with van der Waals surface area (Å²) in [5, 5.41) is 3.18. The molecular weight excluding hydrogens is 386 g/mol. The van der Waals surface area contributed by atoms with Crippen LogP contribution in [0.2, 0.25) is 0 Å². The second-order valence-corrected chi connectivity index (χ2v) is 7.83. The Labute approximate surface area is 175 Å². The van der Waals surface area contributed by atoms with E-state index in [0.717, 1.165) is 48.8 Å². The largest absolute Gasteiger partial charge is 0.453 e. The first-order valence-corrected chi connectivity index (χ1v) is 10.2. The SMILES string of the molecule is CC1CCc2c(ccc(C(C=NC3CNC3)=CN)c2Oc2ccc(F)cc2F)N1C. The predicted octanol–water partition coefficient (Wildman–Crippen LogP) is 3.87. The predicted molar refractivity (Wildman–Crippen MR) is 116 cm³/mol. The Morgan fingerprint density at radius 1 is 1.27 bits per heavy atom. The van der Waals surface area contributed by atoms with Crippen molar-refractivity contribution in [2.45, 2.75) is 31.8 Å². The van der Waals surface area contributed by atoms with Crippen LogP contribution in [0.3, 0.4) is 0 Å². The number of nitrogens with two attached hydrogens (primary N) is 1. The minimum Gasteiger partial charge on any atom is -0.453 e. The molecule has 2 aliphatic rings. The van der Waals surface area contributed by atoms with E-state index in [1.54, 1.807) is 6.21 Å². The van der Waals surface area contributed by atoms with Gasteiger partial charge in [-0.3, -0.25) is 4.99 Å². The van der Waals surface area contributed by atoms with Gasteiger partial charge in [0.2, 0.25) is 0 Å². The van der Waals surface area contributed by atoms with Crippen molar-refractivity contribution in [3.05, 3.63) is 59.3 Å². The molecule has 0 radical (unpaired) electrons. The van der Waals surface area contributed by atoms with Crippen molar-refractivity contribution in [3.8, 4) is 11.5 Å². The van der Waals surface area contributed by atoms with Crippen molar-refractivity contribution >= 4 is 17.5 Å². The van der Waals surface area contributed by atoms with E-state index < -0.39 is 11.6 Å². The van der Waals surface area contributed by atoms with Crippen LogP contribution < -0.4 is 20.7 Å². The van der Waals surface area contributed by atoms with E-state index >= 15 is 0 Å². The number of allylic oxidation sites excluding steroid dienone is 1. The lowest BCUT2D eigenvalue weighted by molar-refractivity contribution is 0.429. The van der Waals surface area contributed by atoms with E-state index in [0.29, 0.717) is 17.4 Å². The summed E-state index contributed by atoms with van der Waals surface area (Å²) in [5.41, 5.74) is 9.38. The van der Waals surface area contributed by atoms with E-state index in [9.17, 15) is 8.78 Å². The number of benzene rings is 2. The third-order valence-corrected chi connectivity index (χ3v) is 5.87. The summed E-state index contributed by atoms with van der Waals surface area (Å²) >= 11 is 0. The Bertz CT molecular complexity index is 1000. The van der Waals surface area contributed by atoms with Crippen LogP contribution in [0, 0.1) is 11.6 Å². The molecule has 0 amide bonds. The number of nitrogens with zero attached hydrogens (tertiary/aromatic N) is 2. The second-order valence-electron chi connectivity index (χ2n) is 7.83. The normalized spacial score (nSPS) is 19.7. The van der Waals surface area contributed by atoms with Gasteiger partial charge >= 0.3 is 0 Å². The number of aliphatic imine (C=N–C) groups is 1. The Hall–Kier alpha value is -2.93. The first kappa shape index (κ1) is 20.3. The maximum Gasteiger partial charge on any atom is 0.168 e. The topological polar surface area (TPSA) is 62.9 Å². The quantitative estimate of drug-likeness (QED) is 0.732. The van der Waals surface area contributed by atoms with E-state index in [-0.39, 0.29) is 11.8 Å². The molecule has 3 N–H and O–H groups in total. The third kappa shape index (κ3) is 3.89. The highest BCUT2D eigenvalue weighted by atomic mass is 19.1. The molecular formula is C23H26F2N4O. The molecule has 1 atom stereocenters. The van der Waals surface area contributed by atoms with Gasteiger partial charge in [0.05, 0.1) is 6.04 Å². The molecule has 2 aromatic rings. The Kier molecular flexibility index (Phi) is 5.72. The molecule has 0 spiro atoms. The van der Waals surface area contributed by atoms with E-state index in [1.165, 1.54) is 18.3 Å². The van der Waals surface area contributed by atoms with Crippen LogP contribution in [0.4, 0.5) is 14.5 Å². The fourth-order valence-corrected chi connectivity index (χ4v) is 3.75. The van der Waals surface area contributed by atoms with Crippen LogP contribution in [0.1, 0.15) is 24.5 Å². The molecule has 158 valence electrons. The first-order valence-electron chi connectivity index (χ1n) is 10.2. The van der Waals surface area contributed by atoms with Gasteiger partial charge in [-0.1, -0.05) is 0 Å². The van der Waals surface area contributed by atoms with Crippen LogP contribution in [0.25, 0.3) is 5.57 Å². The van der Waals surface area contributed by atoms with Crippen molar-refractivity contribution in [2.24, 2.45) is 10.7 Å². The molecule has 2 aromatic carbocycles. The number of hydrogen-bond donors (Lipinski definition) is 2. The van der Waals surface area contributed by atoms with Crippen LogP contribution >= 0.6 is 0 Å². The number of nitrogens with one attached hydrogen (secondary N) is 1. The molecule has 30 heavy (non-hydrogen) atoms. The van der Waals surface area contributed by atoms with Gasteiger partial charge in [0, 0.05) is 67.0 Å². The average molecular weight is 412 g/mol. The Morgan fingerprint density at radius 3 is 2.73 bits per heavy atom. The zero-order valence-corrected chi connectivity index (χ0v) is 17.2. The fourth-order valence-electron chi connectivity index (χ4n) is 3.75. The van der Waals surface area contributed by atoms with Crippen molar-refractivity contribution in [2.75, 3.05) is 25.0 Å². The summed E-state index contributed by atoms with van der Waals surface area (Å²) in [6.45, 7) is 3.85.